The maximum absolute atomic E-state index is 12.9. The van der Waals surface area contributed by atoms with Crippen LogP contribution >= 0.6 is 0 Å². The van der Waals surface area contributed by atoms with E-state index in [9.17, 15) is 4.79 Å². The lowest BCUT2D eigenvalue weighted by molar-refractivity contribution is -0.135. The number of hydrogen-bond acceptors (Lipinski definition) is 2. The number of carbonyl (C=O) groups excluding carboxylic acids is 1. The SMILES string of the molecule is O=C1CCCC[C@]1(c1ccccc1)N1CCCCCC1. The molecule has 1 atom stereocenters. The summed E-state index contributed by atoms with van der Waals surface area (Å²) >= 11 is 0. The molecule has 1 aliphatic carbocycles. The minimum atomic E-state index is -0.316. The Bertz CT molecular complexity index is 448. The second kappa shape index (κ2) is 6.09. The Balaban J connectivity index is 2.00. The van der Waals surface area contributed by atoms with Crippen molar-refractivity contribution in [2.75, 3.05) is 13.1 Å². The average Bonchev–Trinajstić information content (AvgIpc) is 2.78. The average molecular weight is 271 g/mol. The molecular formula is C18H25NO. The molecular weight excluding hydrogens is 246 g/mol. The molecule has 0 aromatic heterocycles. The number of ketones is 1. The molecule has 2 heteroatoms. The Morgan fingerprint density at radius 3 is 2.20 bits per heavy atom. The molecule has 1 heterocycles. The number of nitrogens with zero attached hydrogens (tertiary/aromatic N) is 1. The summed E-state index contributed by atoms with van der Waals surface area (Å²) in [6, 6.07) is 10.5. The highest BCUT2D eigenvalue weighted by atomic mass is 16.1. The van der Waals surface area contributed by atoms with E-state index in [4.69, 9.17) is 0 Å². The van der Waals surface area contributed by atoms with E-state index in [-0.39, 0.29) is 5.54 Å². The minimum Gasteiger partial charge on any atom is -0.297 e. The van der Waals surface area contributed by atoms with Crippen molar-refractivity contribution in [1.82, 2.24) is 4.90 Å². The van der Waals surface area contributed by atoms with Gasteiger partial charge in [0.25, 0.3) is 0 Å². The van der Waals surface area contributed by atoms with Crippen LogP contribution in [0.15, 0.2) is 30.3 Å². The van der Waals surface area contributed by atoms with Gasteiger partial charge in [0.2, 0.25) is 0 Å². The van der Waals surface area contributed by atoms with Gasteiger partial charge in [0, 0.05) is 6.42 Å². The zero-order valence-electron chi connectivity index (χ0n) is 12.3. The first kappa shape index (κ1) is 13.8. The molecule has 0 bridgehead atoms. The summed E-state index contributed by atoms with van der Waals surface area (Å²) in [6.45, 7) is 2.17. The van der Waals surface area contributed by atoms with Crippen molar-refractivity contribution >= 4 is 5.78 Å². The number of hydrogen-bond donors (Lipinski definition) is 0. The van der Waals surface area contributed by atoms with E-state index >= 15 is 0 Å². The Morgan fingerprint density at radius 2 is 1.55 bits per heavy atom. The maximum Gasteiger partial charge on any atom is 0.157 e. The highest BCUT2D eigenvalue weighted by molar-refractivity contribution is 5.90. The molecule has 0 spiro atoms. The predicted molar refractivity (Wildman–Crippen MR) is 81.6 cm³/mol. The first-order valence-corrected chi connectivity index (χ1v) is 8.18. The zero-order chi connectivity index (χ0) is 13.8. The summed E-state index contributed by atoms with van der Waals surface area (Å²) in [5.74, 6) is 0.455. The van der Waals surface area contributed by atoms with E-state index in [1.807, 2.05) is 6.07 Å². The third-order valence-corrected chi connectivity index (χ3v) is 5.05. The van der Waals surface area contributed by atoms with Crippen molar-refractivity contribution in [1.29, 1.82) is 0 Å². The van der Waals surface area contributed by atoms with Crippen LogP contribution in [0.1, 0.15) is 56.9 Å². The van der Waals surface area contributed by atoms with Crippen LogP contribution in [0.2, 0.25) is 0 Å². The van der Waals surface area contributed by atoms with E-state index < -0.39 is 0 Å². The standard InChI is InChI=1S/C18H25NO/c20-17-12-6-7-13-18(17,16-10-4-3-5-11-16)19-14-8-1-2-9-15-19/h3-5,10-11H,1-2,6-9,12-15H2/t18-/m1/s1. The fourth-order valence-corrected chi connectivity index (χ4v) is 4.00. The van der Waals surface area contributed by atoms with Gasteiger partial charge in [-0.05, 0) is 44.3 Å². The second-order valence-electron chi connectivity index (χ2n) is 6.26. The van der Waals surface area contributed by atoms with Gasteiger partial charge in [-0.15, -0.1) is 0 Å². The lowest BCUT2D eigenvalue weighted by Crippen LogP contribution is -2.53. The van der Waals surface area contributed by atoms with Crippen LogP contribution in [0, 0.1) is 0 Å². The van der Waals surface area contributed by atoms with Crippen LogP contribution in [0.5, 0.6) is 0 Å². The smallest absolute Gasteiger partial charge is 0.157 e. The fraction of sp³-hybridized carbons (Fsp3) is 0.611. The van der Waals surface area contributed by atoms with Gasteiger partial charge in [-0.2, -0.15) is 0 Å². The van der Waals surface area contributed by atoms with Gasteiger partial charge in [-0.3, -0.25) is 9.69 Å². The third-order valence-electron chi connectivity index (χ3n) is 5.05. The van der Waals surface area contributed by atoms with Gasteiger partial charge in [0.05, 0.1) is 0 Å². The van der Waals surface area contributed by atoms with Crippen LogP contribution in [0.3, 0.4) is 0 Å². The molecule has 0 unspecified atom stereocenters. The van der Waals surface area contributed by atoms with Crippen LogP contribution in [0.25, 0.3) is 0 Å². The van der Waals surface area contributed by atoms with Gasteiger partial charge >= 0.3 is 0 Å². The molecule has 0 N–H and O–H groups in total. The Kier molecular flexibility index (Phi) is 4.21. The summed E-state index contributed by atoms with van der Waals surface area (Å²) < 4.78 is 0. The van der Waals surface area contributed by atoms with E-state index in [1.165, 1.54) is 37.7 Å². The topological polar surface area (TPSA) is 20.3 Å². The van der Waals surface area contributed by atoms with Crippen molar-refractivity contribution in [3.05, 3.63) is 35.9 Å². The summed E-state index contributed by atoms with van der Waals surface area (Å²) in [6.07, 6.45) is 9.12. The molecule has 2 nitrogen and oxygen atoms in total. The summed E-state index contributed by atoms with van der Waals surface area (Å²) in [7, 11) is 0. The molecule has 3 rings (SSSR count). The van der Waals surface area contributed by atoms with E-state index in [0.717, 1.165) is 32.4 Å². The van der Waals surface area contributed by atoms with E-state index in [2.05, 4.69) is 29.2 Å². The van der Waals surface area contributed by atoms with E-state index in [0.29, 0.717) is 5.78 Å². The molecule has 108 valence electrons. The third kappa shape index (κ3) is 2.42. The van der Waals surface area contributed by atoms with Crippen molar-refractivity contribution in [2.24, 2.45) is 0 Å². The molecule has 0 amide bonds. The normalized spacial score (nSPS) is 29.1. The molecule has 1 aromatic carbocycles. The number of likely N-dealkylation sites (tertiary alicyclic amines) is 1. The molecule has 1 aromatic rings. The molecule has 1 saturated carbocycles. The quantitative estimate of drug-likeness (QED) is 0.813. The molecule has 20 heavy (non-hydrogen) atoms. The number of carbonyl (C=O) groups is 1. The Morgan fingerprint density at radius 1 is 0.850 bits per heavy atom. The lowest BCUT2D eigenvalue weighted by Gasteiger charge is -2.45. The van der Waals surface area contributed by atoms with Gasteiger partial charge in [-0.25, -0.2) is 0 Å². The molecule has 2 fully saturated rings. The van der Waals surface area contributed by atoms with Gasteiger partial charge in [0.15, 0.2) is 5.78 Å². The number of rotatable bonds is 2. The van der Waals surface area contributed by atoms with E-state index in [1.54, 1.807) is 0 Å². The number of benzene rings is 1. The van der Waals surface area contributed by atoms with Crippen LogP contribution in [-0.4, -0.2) is 23.8 Å². The first-order valence-electron chi connectivity index (χ1n) is 8.18. The maximum atomic E-state index is 12.9. The highest BCUT2D eigenvalue weighted by Gasteiger charge is 2.45. The first-order chi connectivity index (χ1) is 9.84. The fourth-order valence-electron chi connectivity index (χ4n) is 4.00. The van der Waals surface area contributed by atoms with Crippen LogP contribution in [0.4, 0.5) is 0 Å². The predicted octanol–water partition coefficient (Wildman–Crippen LogP) is 3.90. The lowest BCUT2D eigenvalue weighted by atomic mass is 9.74. The second-order valence-corrected chi connectivity index (χ2v) is 6.26. The minimum absolute atomic E-state index is 0.316. The molecule has 0 radical (unpaired) electrons. The van der Waals surface area contributed by atoms with Crippen molar-refractivity contribution in [2.45, 2.75) is 56.9 Å². The molecule has 1 aliphatic heterocycles. The Labute approximate surface area is 122 Å². The summed E-state index contributed by atoms with van der Waals surface area (Å²) in [5, 5.41) is 0. The molecule has 2 aliphatic rings. The highest BCUT2D eigenvalue weighted by Crippen LogP contribution is 2.40. The largest absolute Gasteiger partial charge is 0.297 e. The van der Waals surface area contributed by atoms with Crippen LogP contribution < -0.4 is 0 Å². The zero-order valence-corrected chi connectivity index (χ0v) is 12.3. The Hall–Kier alpha value is -1.15. The van der Waals surface area contributed by atoms with Gasteiger partial charge in [0.1, 0.15) is 5.54 Å². The van der Waals surface area contributed by atoms with Crippen LogP contribution in [-0.2, 0) is 10.3 Å². The number of Topliss-reactive ketones (excluding diaryl/α,β-unsaturated/α-hetero) is 1. The summed E-state index contributed by atoms with van der Waals surface area (Å²) in [5.41, 5.74) is 0.913. The molecule has 1 saturated heterocycles. The monoisotopic (exact) mass is 271 g/mol. The van der Waals surface area contributed by atoms with Crippen molar-refractivity contribution in [3.8, 4) is 0 Å². The summed E-state index contributed by atoms with van der Waals surface area (Å²) in [4.78, 5) is 15.4. The van der Waals surface area contributed by atoms with Gasteiger partial charge < -0.3 is 0 Å². The van der Waals surface area contributed by atoms with Crippen molar-refractivity contribution < 1.29 is 4.79 Å². The van der Waals surface area contributed by atoms with Gasteiger partial charge in [-0.1, -0.05) is 49.6 Å². The van der Waals surface area contributed by atoms with Crippen molar-refractivity contribution in [3.63, 3.8) is 0 Å².